The summed E-state index contributed by atoms with van der Waals surface area (Å²) in [7, 11) is 0. The van der Waals surface area contributed by atoms with Crippen LogP contribution in [0.3, 0.4) is 0 Å². The molecule has 112 valence electrons. The number of benzene rings is 1. The van der Waals surface area contributed by atoms with Gasteiger partial charge in [-0.25, -0.2) is 0 Å². The lowest BCUT2D eigenvalue weighted by atomic mass is 9.71. The molecule has 1 aromatic rings. The Morgan fingerprint density at radius 1 is 1.20 bits per heavy atom. The molecule has 3 unspecified atom stereocenters. The predicted octanol–water partition coefficient (Wildman–Crippen LogP) is 4.93. The molecule has 0 spiro atoms. The fourth-order valence-corrected chi connectivity index (χ4v) is 3.71. The van der Waals surface area contributed by atoms with Gasteiger partial charge in [0.15, 0.2) is 0 Å². The summed E-state index contributed by atoms with van der Waals surface area (Å²) in [5.41, 5.74) is 1.42. The van der Waals surface area contributed by atoms with E-state index in [4.69, 9.17) is 11.6 Å². The molecule has 1 N–H and O–H groups in total. The van der Waals surface area contributed by atoms with Gasteiger partial charge in [-0.05, 0) is 67.7 Å². The molecule has 0 amide bonds. The van der Waals surface area contributed by atoms with E-state index in [0.29, 0.717) is 6.04 Å². The van der Waals surface area contributed by atoms with Crippen LogP contribution < -0.4 is 5.32 Å². The van der Waals surface area contributed by atoms with E-state index in [1.54, 1.807) is 0 Å². The summed E-state index contributed by atoms with van der Waals surface area (Å²) < 4.78 is 0. The molecule has 0 saturated heterocycles. The quantitative estimate of drug-likeness (QED) is 0.811. The molecular formula is C18H28ClN. The van der Waals surface area contributed by atoms with Gasteiger partial charge in [0, 0.05) is 11.1 Å². The molecule has 0 heterocycles. The van der Waals surface area contributed by atoms with Gasteiger partial charge in [0.25, 0.3) is 0 Å². The Kier molecular flexibility index (Phi) is 5.92. The van der Waals surface area contributed by atoms with Crippen molar-refractivity contribution >= 4 is 11.6 Å². The molecule has 1 fully saturated rings. The lowest BCUT2D eigenvalue weighted by Gasteiger charge is -2.38. The number of halogens is 1. The molecule has 3 atom stereocenters. The van der Waals surface area contributed by atoms with Crippen LogP contribution in [0.2, 0.25) is 5.02 Å². The van der Waals surface area contributed by atoms with Crippen LogP contribution in [-0.4, -0.2) is 12.6 Å². The van der Waals surface area contributed by atoms with Gasteiger partial charge in [0.1, 0.15) is 0 Å². The van der Waals surface area contributed by atoms with E-state index in [0.717, 1.165) is 29.3 Å². The van der Waals surface area contributed by atoms with Crippen molar-refractivity contribution in [3.8, 4) is 0 Å². The van der Waals surface area contributed by atoms with Crippen LogP contribution >= 0.6 is 11.6 Å². The zero-order valence-corrected chi connectivity index (χ0v) is 13.8. The number of nitrogens with one attached hydrogen (secondary N) is 1. The molecule has 0 radical (unpaired) electrons. The highest BCUT2D eigenvalue weighted by molar-refractivity contribution is 6.30. The van der Waals surface area contributed by atoms with E-state index in [1.807, 2.05) is 12.1 Å². The fraction of sp³-hybridized carbons (Fsp3) is 0.667. The van der Waals surface area contributed by atoms with Crippen LogP contribution in [0.25, 0.3) is 0 Å². The second-order valence-corrected chi connectivity index (χ2v) is 7.01. The first-order valence-electron chi connectivity index (χ1n) is 8.08. The Morgan fingerprint density at radius 3 is 2.50 bits per heavy atom. The van der Waals surface area contributed by atoms with Crippen LogP contribution in [0.15, 0.2) is 24.3 Å². The van der Waals surface area contributed by atoms with Crippen molar-refractivity contribution < 1.29 is 0 Å². The van der Waals surface area contributed by atoms with Crippen LogP contribution in [0.1, 0.15) is 45.6 Å². The summed E-state index contributed by atoms with van der Waals surface area (Å²) in [4.78, 5) is 0. The predicted molar refractivity (Wildman–Crippen MR) is 88.3 cm³/mol. The van der Waals surface area contributed by atoms with Crippen LogP contribution in [0, 0.1) is 17.8 Å². The lowest BCUT2D eigenvalue weighted by Crippen LogP contribution is -2.42. The molecule has 0 bridgehead atoms. The maximum absolute atomic E-state index is 5.99. The molecule has 2 rings (SSSR count). The molecule has 1 aliphatic carbocycles. The number of hydrogen-bond donors (Lipinski definition) is 1. The van der Waals surface area contributed by atoms with Gasteiger partial charge in [-0.1, -0.05) is 44.5 Å². The van der Waals surface area contributed by atoms with Gasteiger partial charge in [0.2, 0.25) is 0 Å². The van der Waals surface area contributed by atoms with Crippen LogP contribution in [-0.2, 0) is 6.42 Å². The topological polar surface area (TPSA) is 12.0 Å². The highest BCUT2D eigenvalue weighted by Crippen LogP contribution is 2.35. The standard InChI is InChI=1S/C18H28ClN/c1-4-20-18-10-7-15(13(2)3)12-16(18)11-14-5-8-17(19)9-6-14/h5-6,8-9,13,15-16,18,20H,4,7,10-12H2,1-3H3. The first-order valence-corrected chi connectivity index (χ1v) is 8.45. The van der Waals surface area contributed by atoms with E-state index >= 15 is 0 Å². The second-order valence-electron chi connectivity index (χ2n) is 6.57. The minimum absolute atomic E-state index is 0.686. The van der Waals surface area contributed by atoms with Gasteiger partial charge >= 0.3 is 0 Å². The highest BCUT2D eigenvalue weighted by atomic mass is 35.5. The summed E-state index contributed by atoms with van der Waals surface area (Å²) in [5, 5.41) is 4.53. The molecule has 1 saturated carbocycles. The monoisotopic (exact) mass is 293 g/mol. The average molecular weight is 294 g/mol. The first-order chi connectivity index (χ1) is 9.60. The minimum atomic E-state index is 0.686. The maximum atomic E-state index is 5.99. The van der Waals surface area contributed by atoms with Crippen molar-refractivity contribution in [1.29, 1.82) is 0 Å². The van der Waals surface area contributed by atoms with Gasteiger partial charge in [-0.2, -0.15) is 0 Å². The normalized spacial score (nSPS) is 26.9. The third kappa shape index (κ3) is 4.23. The zero-order chi connectivity index (χ0) is 14.5. The molecule has 1 aliphatic rings. The van der Waals surface area contributed by atoms with E-state index in [-0.39, 0.29) is 0 Å². The van der Waals surface area contributed by atoms with E-state index in [2.05, 4.69) is 38.2 Å². The Balaban J connectivity index is 2.04. The van der Waals surface area contributed by atoms with Gasteiger partial charge in [-0.3, -0.25) is 0 Å². The highest BCUT2D eigenvalue weighted by Gasteiger charge is 2.31. The first kappa shape index (κ1) is 15.9. The molecule has 0 aliphatic heterocycles. The van der Waals surface area contributed by atoms with E-state index in [9.17, 15) is 0 Å². The zero-order valence-electron chi connectivity index (χ0n) is 13.0. The Labute approximate surface area is 129 Å². The molecule has 1 nitrogen and oxygen atoms in total. The summed E-state index contributed by atoms with van der Waals surface area (Å²) in [5.74, 6) is 2.46. The molecule has 2 heteroatoms. The Hall–Kier alpha value is -0.530. The molecule has 0 aromatic heterocycles. The average Bonchev–Trinajstić information content (AvgIpc) is 2.43. The summed E-state index contributed by atoms with van der Waals surface area (Å²) in [6.45, 7) is 8.04. The third-order valence-electron chi connectivity index (χ3n) is 4.84. The number of rotatable bonds is 5. The molecule has 20 heavy (non-hydrogen) atoms. The number of hydrogen-bond acceptors (Lipinski definition) is 1. The fourth-order valence-electron chi connectivity index (χ4n) is 3.59. The smallest absolute Gasteiger partial charge is 0.0406 e. The maximum Gasteiger partial charge on any atom is 0.0406 e. The van der Waals surface area contributed by atoms with Gasteiger partial charge in [0.05, 0.1) is 0 Å². The van der Waals surface area contributed by atoms with Crippen LogP contribution in [0.5, 0.6) is 0 Å². The van der Waals surface area contributed by atoms with Crippen LogP contribution in [0.4, 0.5) is 0 Å². The minimum Gasteiger partial charge on any atom is -0.314 e. The SMILES string of the molecule is CCNC1CCC(C(C)C)CC1Cc1ccc(Cl)cc1. The van der Waals surface area contributed by atoms with Crippen molar-refractivity contribution in [1.82, 2.24) is 5.32 Å². The summed E-state index contributed by atoms with van der Waals surface area (Å²) in [6, 6.07) is 9.09. The van der Waals surface area contributed by atoms with Crippen molar-refractivity contribution in [2.75, 3.05) is 6.54 Å². The van der Waals surface area contributed by atoms with E-state index in [1.165, 1.54) is 31.2 Å². The Bertz CT molecular complexity index is 398. The molecular weight excluding hydrogens is 266 g/mol. The van der Waals surface area contributed by atoms with Crippen molar-refractivity contribution in [3.05, 3.63) is 34.9 Å². The lowest BCUT2D eigenvalue weighted by molar-refractivity contribution is 0.169. The summed E-state index contributed by atoms with van der Waals surface area (Å²) >= 11 is 5.99. The van der Waals surface area contributed by atoms with Gasteiger partial charge < -0.3 is 5.32 Å². The third-order valence-corrected chi connectivity index (χ3v) is 5.10. The van der Waals surface area contributed by atoms with Crippen molar-refractivity contribution in [2.24, 2.45) is 17.8 Å². The van der Waals surface area contributed by atoms with Crippen molar-refractivity contribution in [3.63, 3.8) is 0 Å². The van der Waals surface area contributed by atoms with E-state index < -0.39 is 0 Å². The largest absolute Gasteiger partial charge is 0.314 e. The summed E-state index contributed by atoms with van der Waals surface area (Å²) in [6.07, 6.45) is 5.25. The van der Waals surface area contributed by atoms with Crippen molar-refractivity contribution in [2.45, 2.75) is 52.5 Å². The Morgan fingerprint density at radius 2 is 1.90 bits per heavy atom. The van der Waals surface area contributed by atoms with Gasteiger partial charge in [-0.15, -0.1) is 0 Å². The second kappa shape index (κ2) is 7.47. The molecule has 1 aromatic carbocycles.